The van der Waals surface area contributed by atoms with Gasteiger partial charge in [-0.25, -0.2) is 0 Å². The summed E-state index contributed by atoms with van der Waals surface area (Å²) in [4.78, 5) is 0. The minimum atomic E-state index is -0.296. The van der Waals surface area contributed by atoms with Gasteiger partial charge in [0.1, 0.15) is 11.9 Å². The van der Waals surface area contributed by atoms with Crippen molar-refractivity contribution in [2.75, 3.05) is 20.3 Å². The highest BCUT2D eigenvalue weighted by atomic mass is 16.5. The van der Waals surface area contributed by atoms with Crippen LogP contribution in [0.3, 0.4) is 0 Å². The molecule has 0 aliphatic rings. The monoisotopic (exact) mass is 146 g/mol. The first kappa shape index (κ1) is 9.39. The zero-order valence-electron chi connectivity index (χ0n) is 6.39. The van der Waals surface area contributed by atoms with Gasteiger partial charge in [0, 0.05) is 7.11 Å². The lowest BCUT2D eigenvalue weighted by Crippen LogP contribution is -2.28. The molecule has 0 spiro atoms. The van der Waals surface area contributed by atoms with Crippen molar-refractivity contribution in [1.29, 1.82) is 5.41 Å². The summed E-state index contributed by atoms with van der Waals surface area (Å²) in [5.41, 5.74) is 5.14. The second-order valence-corrected chi connectivity index (χ2v) is 1.96. The molecule has 60 valence electrons. The Balaban J connectivity index is 3.21. The smallest absolute Gasteiger partial charge is 0.120 e. The quantitative estimate of drug-likeness (QED) is 0.325. The number of amidine groups is 1. The molecule has 0 bridgehead atoms. The molecule has 0 aliphatic carbocycles. The lowest BCUT2D eigenvalue weighted by Gasteiger charge is -2.09. The third-order valence-electron chi connectivity index (χ3n) is 1.09. The Labute approximate surface area is 60.8 Å². The van der Waals surface area contributed by atoms with Gasteiger partial charge in [0.2, 0.25) is 0 Å². The maximum absolute atomic E-state index is 6.95. The molecule has 1 unspecified atom stereocenters. The molecule has 0 saturated carbocycles. The van der Waals surface area contributed by atoms with Crippen LogP contribution in [0, 0.1) is 5.41 Å². The van der Waals surface area contributed by atoms with E-state index in [9.17, 15) is 0 Å². The summed E-state index contributed by atoms with van der Waals surface area (Å²) < 4.78 is 9.80. The van der Waals surface area contributed by atoms with Crippen LogP contribution in [0.5, 0.6) is 0 Å². The van der Waals surface area contributed by atoms with E-state index in [-0.39, 0.29) is 11.9 Å². The van der Waals surface area contributed by atoms with E-state index < -0.39 is 0 Å². The van der Waals surface area contributed by atoms with Crippen molar-refractivity contribution in [3.63, 3.8) is 0 Å². The van der Waals surface area contributed by atoms with E-state index in [1.807, 2.05) is 0 Å². The Kier molecular flexibility index (Phi) is 4.88. The summed E-state index contributed by atoms with van der Waals surface area (Å²) in [6.45, 7) is 2.76. The summed E-state index contributed by atoms with van der Waals surface area (Å²) in [6.07, 6.45) is -0.296. The van der Waals surface area contributed by atoms with Crippen LogP contribution < -0.4 is 5.73 Å². The van der Waals surface area contributed by atoms with Crippen molar-refractivity contribution in [3.05, 3.63) is 0 Å². The number of hydrogen-bond donors (Lipinski definition) is 2. The second kappa shape index (κ2) is 5.20. The summed E-state index contributed by atoms with van der Waals surface area (Å²) in [7, 11) is 1.60. The van der Waals surface area contributed by atoms with Gasteiger partial charge in [0.25, 0.3) is 0 Å². The van der Waals surface area contributed by atoms with E-state index in [0.717, 1.165) is 0 Å². The Hall–Kier alpha value is -0.610. The minimum absolute atomic E-state index is 0.0519. The molecule has 4 nitrogen and oxygen atoms in total. The maximum atomic E-state index is 6.95. The van der Waals surface area contributed by atoms with Gasteiger partial charge < -0.3 is 15.2 Å². The lowest BCUT2D eigenvalue weighted by atomic mass is 10.4. The van der Waals surface area contributed by atoms with Gasteiger partial charge in [-0.3, -0.25) is 5.41 Å². The molecule has 0 amide bonds. The van der Waals surface area contributed by atoms with Crippen LogP contribution in [0.25, 0.3) is 0 Å². The number of methoxy groups -OCH3 is 1. The van der Waals surface area contributed by atoms with E-state index in [1.165, 1.54) is 0 Å². The summed E-state index contributed by atoms with van der Waals surface area (Å²) in [5, 5.41) is 6.95. The first-order valence-electron chi connectivity index (χ1n) is 3.13. The molecular formula is C6H14N2O2. The molecule has 1 atom stereocenters. The normalized spacial score (nSPS) is 13.0. The number of ether oxygens (including phenoxy) is 2. The standard InChI is InChI=1S/C6H14N2O2/c1-5(6(7)8)10-4-3-9-2/h5H,3-4H2,1-2H3,(H3,7,8). The van der Waals surface area contributed by atoms with Gasteiger partial charge in [-0.05, 0) is 6.92 Å². The molecule has 0 aliphatic heterocycles. The van der Waals surface area contributed by atoms with Crippen molar-refractivity contribution < 1.29 is 9.47 Å². The predicted octanol–water partition coefficient (Wildman–Crippen LogP) is -0.0261. The molecule has 3 N–H and O–H groups in total. The number of hydrogen-bond acceptors (Lipinski definition) is 3. The highest BCUT2D eigenvalue weighted by molar-refractivity contribution is 5.81. The summed E-state index contributed by atoms with van der Waals surface area (Å²) in [5.74, 6) is 0.0519. The van der Waals surface area contributed by atoms with Crippen LogP contribution in [-0.4, -0.2) is 32.3 Å². The molecule has 0 aromatic rings. The van der Waals surface area contributed by atoms with Crippen LogP contribution in [0.2, 0.25) is 0 Å². The Bertz CT molecular complexity index is 106. The first-order chi connectivity index (χ1) is 4.68. The molecule has 0 aromatic heterocycles. The third-order valence-corrected chi connectivity index (χ3v) is 1.09. The highest BCUT2D eigenvalue weighted by Gasteiger charge is 2.02. The van der Waals surface area contributed by atoms with Crippen LogP contribution >= 0.6 is 0 Å². The lowest BCUT2D eigenvalue weighted by molar-refractivity contribution is 0.0545. The molecule has 0 radical (unpaired) electrons. The van der Waals surface area contributed by atoms with Crippen LogP contribution in [0.1, 0.15) is 6.92 Å². The fourth-order valence-electron chi connectivity index (χ4n) is 0.398. The van der Waals surface area contributed by atoms with E-state index >= 15 is 0 Å². The molecular weight excluding hydrogens is 132 g/mol. The second-order valence-electron chi connectivity index (χ2n) is 1.96. The highest BCUT2D eigenvalue weighted by Crippen LogP contribution is 1.87. The van der Waals surface area contributed by atoms with Crippen molar-refractivity contribution in [3.8, 4) is 0 Å². The molecule has 4 heteroatoms. The topological polar surface area (TPSA) is 68.3 Å². The Morgan fingerprint density at radius 1 is 1.60 bits per heavy atom. The molecule has 0 saturated heterocycles. The third kappa shape index (κ3) is 4.29. The molecule has 10 heavy (non-hydrogen) atoms. The van der Waals surface area contributed by atoms with Gasteiger partial charge >= 0.3 is 0 Å². The van der Waals surface area contributed by atoms with Crippen LogP contribution in [0.4, 0.5) is 0 Å². The molecule has 0 fully saturated rings. The molecule has 0 heterocycles. The zero-order valence-corrected chi connectivity index (χ0v) is 6.39. The number of nitrogens with two attached hydrogens (primary N) is 1. The van der Waals surface area contributed by atoms with Crippen LogP contribution in [-0.2, 0) is 9.47 Å². The number of rotatable bonds is 5. The fourth-order valence-corrected chi connectivity index (χ4v) is 0.398. The SMILES string of the molecule is COCCOC(C)C(=N)N. The molecule has 0 rings (SSSR count). The average Bonchev–Trinajstić information content (AvgIpc) is 1.88. The average molecular weight is 146 g/mol. The van der Waals surface area contributed by atoms with Crippen molar-refractivity contribution >= 4 is 5.84 Å². The summed E-state index contributed by atoms with van der Waals surface area (Å²) >= 11 is 0. The summed E-state index contributed by atoms with van der Waals surface area (Å²) in [6, 6.07) is 0. The predicted molar refractivity (Wildman–Crippen MR) is 39.2 cm³/mol. The van der Waals surface area contributed by atoms with Gasteiger partial charge in [-0.2, -0.15) is 0 Å². The first-order valence-corrected chi connectivity index (χ1v) is 3.13. The Morgan fingerprint density at radius 2 is 2.20 bits per heavy atom. The van der Waals surface area contributed by atoms with Crippen molar-refractivity contribution in [2.45, 2.75) is 13.0 Å². The van der Waals surface area contributed by atoms with Gasteiger partial charge in [0.05, 0.1) is 13.2 Å². The zero-order chi connectivity index (χ0) is 7.98. The van der Waals surface area contributed by atoms with Gasteiger partial charge in [0.15, 0.2) is 0 Å². The maximum Gasteiger partial charge on any atom is 0.120 e. The van der Waals surface area contributed by atoms with Crippen molar-refractivity contribution in [2.24, 2.45) is 5.73 Å². The van der Waals surface area contributed by atoms with Crippen molar-refractivity contribution in [1.82, 2.24) is 0 Å². The van der Waals surface area contributed by atoms with Gasteiger partial charge in [-0.1, -0.05) is 0 Å². The Morgan fingerprint density at radius 3 is 2.60 bits per heavy atom. The number of nitrogens with one attached hydrogen (secondary N) is 1. The molecule has 0 aromatic carbocycles. The van der Waals surface area contributed by atoms with Gasteiger partial charge in [-0.15, -0.1) is 0 Å². The van der Waals surface area contributed by atoms with E-state index in [0.29, 0.717) is 13.2 Å². The largest absolute Gasteiger partial charge is 0.385 e. The van der Waals surface area contributed by atoms with E-state index in [1.54, 1.807) is 14.0 Å². The van der Waals surface area contributed by atoms with E-state index in [2.05, 4.69) is 0 Å². The van der Waals surface area contributed by atoms with E-state index in [4.69, 9.17) is 20.6 Å². The minimum Gasteiger partial charge on any atom is -0.385 e. The fraction of sp³-hybridized carbons (Fsp3) is 0.833. The van der Waals surface area contributed by atoms with Crippen LogP contribution in [0.15, 0.2) is 0 Å².